The van der Waals surface area contributed by atoms with E-state index in [0.29, 0.717) is 16.7 Å². The van der Waals surface area contributed by atoms with Gasteiger partial charge in [0.1, 0.15) is 5.82 Å². The third-order valence-electron chi connectivity index (χ3n) is 4.10. The number of thioether (sulfide) groups is 1. The van der Waals surface area contributed by atoms with Crippen LogP contribution in [0.5, 0.6) is 5.75 Å². The average molecular weight is 449 g/mol. The summed E-state index contributed by atoms with van der Waals surface area (Å²) in [5.74, 6) is -1.68. The lowest BCUT2D eigenvalue weighted by Gasteiger charge is -2.14. The number of hydrogen-bond donors (Lipinski definition) is 1. The number of aromatic nitrogens is 3. The molecule has 2 aromatic carbocycles. The van der Waals surface area contributed by atoms with E-state index in [1.165, 1.54) is 24.3 Å². The van der Waals surface area contributed by atoms with E-state index in [1.54, 1.807) is 24.6 Å². The van der Waals surface area contributed by atoms with E-state index in [9.17, 15) is 23.7 Å². The Hall–Kier alpha value is -3.54. The van der Waals surface area contributed by atoms with Crippen LogP contribution in [0.15, 0.2) is 47.6 Å². The first-order valence-electron chi connectivity index (χ1n) is 8.92. The second kappa shape index (κ2) is 9.51. The van der Waals surface area contributed by atoms with E-state index in [0.717, 1.165) is 23.9 Å². The maximum absolute atomic E-state index is 13.8. The zero-order chi connectivity index (χ0) is 22.5. The van der Waals surface area contributed by atoms with Crippen LogP contribution in [0.2, 0.25) is 0 Å². The third-order valence-corrected chi connectivity index (χ3v) is 5.12. The standard InChI is InChI=1S/C19H17F2N5O4S/c1-11(30-16-7-6-12(20)8-15(16)21)18-23-24-19(25(18)2)31-10-17(27)22-13-4-3-5-14(9-13)26(28)29/h3-9,11H,10H2,1-2H3,(H,22,27). The van der Waals surface area contributed by atoms with Crippen molar-refractivity contribution in [1.29, 1.82) is 0 Å². The number of halogens is 2. The Morgan fingerprint density at radius 3 is 2.77 bits per heavy atom. The number of ether oxygens (including phenoxy) is 1. The molecule has 1 unspecified atom stereocenters. The number of non-ortho nitro benzene ring substituents is 1. The molecule has 0 spiro atoms. The zero-order valence-corrected chi connectivity index (χ0v) is 17.2. The molecule has 0 saturated heterocycles. The van der Waals surface area contributed by atoms with E-state index in [2.05, 4.69) is 15.5 Å². The molecule has 3 rings (SSSR count). The summed E-state index contributed by atoms with van der Waals surface area (Å²) in [5, 5.41) is 21.8. The summed E-state index contributed by atoms with van der Waals surface area (Å²) in [6.07, 6.45) is -0.689. The van der Waals surface area contributed by atoms with Crippen LogP contribution in [0, 0.1) is 21.7 Å². The number of anilines is 1. The predicted molar refractivity (Wildman–Crippen MR) is 109 cm³/mol. The fourth-order valence-corrected chi connectivity index (χ4v) is 3.36. The molecule has 1 heterocycles. The monoisotopic (exact) mass is 449 g/mol. The molecule has 3 aromatic rings. The third kappa shape index (κ3) is 5.54. The highest BCUT2D eigenvalue weighted by atomic mass is 32.2. The second-order valence-electron chi connectivity index (χ2n) is 6.38. The van der Waals surface area contributed by atoms with Crippen molar-refractivity contribution in [3.05, 3.63) is 70.0 Å². The van der Waals surface area contributed by atoms with Gasteiger partial charge in [-0.1, -0.05) is 17.8 Å². The molecule has 1 atom stereocenters. The van der Waals surface area contributed by atoms with Crippen molar-refractivity contribution >= 4 is 29.0 Å². The summed E-state index contributed by atoms with van der Waals surface area (Å²) in [7, 11) is 1.66. The number of amides is 1. The van der Waals surface area contributed by atoms with Crippen LogP contribution in [-0.2, 0) is 11.8 Å². The van der Waals surface area contributed by atoms with E-state index in [4.69, 9.17) is 4.74 Å². The normalized spacial score (nSPS) is 11.7. The van der Waals surface area contributed by atoms with Crippen molar-refractivity contribution in [1.82, 2.24) is 14.8 Å². The maximum atomic E-state index is 13.8. The first-order valence-corrected chi connectivity index (χ1v) is 9.91. The van der Waals surface area contributed by atoms with Crippen molar-refractivity contribution in [3.8, 4) is 5.75 Å². The number of hydrogen-bond acceptors (Lipinski definition) is 7. The van der Waals surface area contributed by atoms with Gasteiger partial charge in [-0.3, -0.25) is 14.9 Å². The number of carbonyl (C=O) groups excluding carboxylic acids is 1. The van der Waals surface area contributed by atoms with Gasteiger partial charge in [-0.15, -0.1) is 10.2 Å². The van der Waals surface area contributed by atoms with Gasteiger partial charge in [0.25, 0.3) is 5.69 Å². The molecule has 9 nitrogen and oxygen atoms in total. The molecule has 0 radical (unpaired) electrons. The van der Waals surface area contributed by atoms with Crippen LogP contribution in [0.4, 0.5) is 20.2 Å². The van der Waals surface area contributed by atoms with Gasteiger partial charge in [-0.25, -0.2) is 8.78 Å². The number of nitro benzene ring substituents is 1. The van der Waals surface area contributed by atoms with Gasteiger partial charge < -0.3 is 14.6 Å². The molecule has 162 valence electrons. The first kappa shape index (κ1) is 22.2. The van der Waals surface area contributed by atoms with E-state index in [-0.39, 0.29) is 23.1 Å². The zero-order valence-electron chi connectivity index (χ0n) is 16.4. The molecule has 1 N–H and O–H groups in total. The Labute approximate surface area is 179 Å². The number of carbonyl (C=O) groups is 1. The number of benzene rings is 2. The Morgan fingerprint density at radius 1 is 1.29 bits per heavy atom. The maximum Gasteiger partial charge on any atom is 0.271 e. The van der Waals surface area contributed by atoms with Crippen LogP contribution < -0.4 is 10.1 Å². The summed E-state index contributed by atoms with van der Waals surface area (Å²) >= 11 is 1.10. The van der Waals surface area contributed by atoms with Crippen LogP contribution in [0.1, 0.15) is 18.9 Å². The van der Waals surface area contributed by atoms with Crippen LogP contribution in [0.3, 0.4) is 0 Å². The lowest BCUT2D eigenvalue weighted by atomic mass is 10.3. The molecule has 0 aliphatic rings. The van der Waals surface area contributed by atoms with Gasteiger partial charge in [-0.2, -0.15) is 0 Å². The topological polar surface area (TPSA) is 112 Å². The summed E-state index contributed by atoms with van der Waals surface area (Å²) in [6.45, 7) is 1.64. The van der Waals surface area contributed by atoms with Gasteiger partial charge in [0.15, 0.2) is 28.7 Å². The van der Waals surface area contributed by atoms with Gasteiger partial charge in [-0.05, 0) is 25.1 Å². The molecule has 0 aliphatic heterocycles. The number of rotatable bonds is 8. The van der Waals surface area contributed by atoms with E-state index < -0.39 is 22.7 Å². The summed E-state index contributed by atoms with van der Waals surface area (Å²) in [6, 6.07) is 8.60. The molecule has 0 saturated carbocycles. The number of nitrogens with one attached hydrogen (secondary N) is 1. The molecule has 0 fully saturated rings. The fraction of sp³-hybridized carbons (Fsp3) is 0.211. The van der Waals surface area contributed by atoms with Crippen LogP contribution in [0.25, 0.3) is 0 Å². The molecule has 0 aliphatic carbocycles. The van der Waals surface area contributed by atoms with Crippen LogP contribution >= 0.6 is 11.8 Å². The smallest absolute Gasteiger partial charge is 0.271 e. The fourth-order valence-electron chi connectivity index (χ4n) is 2.64. The highest BCUT2D eigenvalue weighted by Gasteiger charge is 2.19. The molecule has 31 heavy (non-hydrogen) atoms. The lowest BCUT2D eigenvalue weighted by Crippen LogP contribution is -2.15. The van der Waals surface area contributed by atoms with Crippen molar-refractivity contribution in [2.75, 3.05) is 11.1 Å². The number of nitro groups is 1. The van der Waals surface area contributed by atoms with Crippen molar-refractivity contribution < 1.29 is 23.2 Å². The van der Waals surface area contributed by atoms with Gasteiger partial charge in [0.2, 0.25) is 5.91 Å². The highest BCUT2D eigenvalue weighted by molar-refractivity contribution is 7.99. The van der Waals surface area contributed by atoms with Crippen LogP contribution in [-0.4, -0.2) is 31.3 Å². The number of nitrogens with zero attached hydrogens (tertiary/aromatic N) is 4. The highest BCUT2D eigenvalue weighted by Crippen LogP contribution is 2.26. The van der Waals surface area contributed by atoms with E-state index >= 15 is 0 Å². The first-order chi connectivity index (χ1) is 14.7. The van der Waals surface area contributed by atoms with Gasteiger partial charge >= 0.3 is 0 Å². The minimum absolute atomic E-state index is 0.0174. The largest absolute Gasteiger partial charge is 0.480 e. The second-order valence-corrected chi connectivity index (χ2v) is 7.32. The van der Waals surface area contributed by atoms with Crippen molar-refractivity contribution in [2.24, 2.45) is 7.05 Å². The van der Waals surface area contributed by atoms with Crippen molar-refractivity contribution in [2.45, 2.75) is 18.2 Å². The van der Waals surface area contributed by atoms with Gasteiger partial charge in [0, 0.05) is 30.9 Å². The molecular weight excluding hydrogens is 432 g/mol. The van der Waals surface area contributed by atoms with Crippen molar-refractivity contribution in [3.63, 3.8) is 0 Å². The average Bonchev–Trinajstić information content (AvgIpc) is 3.09. The van der Waals surface area contributed by atoms with Gasteiger partial charge in [0.05, 0.1) is 10.7 Å². The lowest BCUT2D eigenvalue weighted by molar-refractivity contribution is -0.384. The Balaban J connectivity index is 1.60. The summed E-state index contributed by atoms with van der Waals surface area (Å²) in [5.41, 5.74) is 0.178. The molecule has 1 amide bonds. The molecule has 1 aromatic heterocycles. The summed E-state index contributed by atoms with van der Waals surface area (Å²) < 4.78 is 33.9. The van der Waals surface area contributed by atoms with E-state index in [1.807, 2.05) is 0 Å². The summed E-state index contributed by atoms with van der Waals surface area (Å²) in [4.78, 5) is 22.4. The quantitative estimate of drug-likeness (QED) is 0.316. The molecule has 0 bridgehead atoms. The minimum Gasteiger partial charge on any atom is -0.480 e. The molecule has 12 heteroatoms. The SMILES string of the molecule is CC(Oc1ccc(F)cc1F)c1nnc(SCC(=O)Nc2cccc([N+](=O)[O-])c2)n1C. The Bertz CT molecular complexity index is 1120. The Morgan fingerprint density at radius 2 is 2.06 bits per heavy atom. The molecular formula is C19H17F2N5O4S. The Kier molecular flexibility index (Phi) is 6.80. The minimum atomic E-state index is -0.832. The predicted octanol–water partition coefficient (Wildman–Crippen LogP) is 3.87.